The number of allylic oxidation sites excluding steroid dienone is 1. The Morgan fingerprint density at radius 3 is 2.94 bits per heavy atom. The summed E-state index contributed by atoms with van der Waals surface area (Å²) >= 11 is 0. The normalized spacial score (nSPS) is 15.2. The summed E-state index contributed by atoms with van der Waals surface area (Å²) in [6.07, 6.45) is 7.18. The first-order valence-electron chi connectivity index (χ1n) is 5.94. The summed E-state index contributed by atoms with van der Waals surface area (Å²) in [5.74, 6) is 1.00. The van der Waals surface area contributed by atoms with Crippen LogP contribution in [-0.2, 0) is 4.79 Å². The minimum Gasteiger partial charge on any atom is -0.496 e. The zero-order chi connectivity index (χ0) is 12.8. The second-order valence-corrected chi connectivity index (χ2v) is 4.13. The minimum atomic E-state index is 0.0111. The average molecular weight is 244 g/mol. The topological polar surface area (TPSA) is 50.7 Å². The predicted octanol–water partition coefficient (Wildman–Crippen LogP) is 2.22. The molecule has 1 aliphatic rings. The SMILES string of the molecule is COc1ccccc1/C=C/C=N/NC(=O)C1CC1. The third kappa shape index (κ3) is 3.45. The van der Waals surface area contributed by atoms with Crippen LogP contribution in [0.2, 0.25) is 0 Å². The van der Waals surface area contributed by atoms with E-state index in [-0.39, 0.29) is 11.8 Å². The van der Waals surface area contributed by atoms with Crippen LogP contribution in [0.1, 0.15) is 18.4 Å². The van der Waals surface area contributed by atoms with E-state index in [1.807, 2.05) is 30.3 Å². The summed E-state index contributed by atoms with van der Waals surface area (Å²) in [5, 5.41) is 3.85. The molecule has 0 aromatic heterocycles. The smallest absolute Gasteiger partial charge is 0.243 e. The lowest BCUT2D eigenvalue weighted by atomic mass is 10.2. The molecule has 94 valence electrons. The Morgan fingerprint density at radius 2 is 2.22 bits per heavy atom. The van der Waals surface area contributed by atoms with E-state index < -0.39 is 0 Å². The molecule has 1 fully saturated rings. The van der Waals surface area contributed by atoms with Gasteiger partial charge in [-0.3, -0.25) is 4.79 Å². The molecule has 0 spiro atoms. The Morgan fingerprint density at radius 1 is 1.44 bits per heavy atom. The number of hydrogen-bond donors (Lipinski definition) is 1. The van der Waals surface area contributed by atoms with Crippen molar-refractivity contribution in [3.63, 3.8) is 0 Å². The van der Waals surface area contributed by atoms with E-state index in [1.165, 1.54) is 0 Å². The molecule has 0 atom stereocenters. The summed E-state index contributed by atoms with van der Waals surface area (Å²) in [6.45, 7) is 0. The molecule has 0 aliphatic heterocycles. The van der Waals surface area contributed by atoms with Gasteiger partial charge in [-0.15, -0.1) is 0 Å². The molecule has 0 bridgehead atoms. The molecule has 1 saturated carbocycles. The summed E-state index contributed by atoms with van der Waals surface area (Å²) in [4.78, 5) is 11.3. The largest absolute Gasteiger partial charge is 0.496 e. The molecule has 1 aromatic carbocycles. The van der Waals surface area contributed by atoms with Crippen LogP contribution >= 0.6 is 0 Å². The highest BCUT2D eigenvalue weighted by Gasteiger charge is 2.29. The maximum atomic E-state index is 11.3. The van der Waals surface area contributed by atoms with E-state index >= 15 is 0 Å². The number of carbonyl (C=O) groups excluding carboxylic acids is 1. The van der Waals surface area contributed by atoms with Crippen molar-refractivity contribution in [1.29, 1.82) is 0 Å². The Bertz CT molecular complexity index is 476. The van der Waals surface area contributed by atoms with Crippen LogP contribution in [0.25, 0.3) is 6.08 Å². The number of para-hydroxylation sites is 1. The number of hydrogen-bond acceptors (Lipinski definition) is 3. The molecule has 2 rings (SSSR count). The number of hydrazone groups is 1. The minimum absolute atomic E-state index is 0.0111. The van der Waals surface area contributed by atoms with Crippen molar-refractivity contribution in [1.82, 2.24) is 5.43 Å². The second kappa shape index (κ2) is 6.00. The third-order valence-electron chi connectivity index (χ3n) is 2.70. The maximum absolute atomic E-state index is 11.3. The number of carbonyl (C=O) groups is 1. The molecule has 1 amide bonds. The third-order valence-corrected chi connectivity index (χ3v) is 2.70. The van der Waals surface area contributed by atoms with Gasteiger partial charge >= 0.3 is 0 Å². The summed E-state index contributed by atoms with van der Waals surface area (Å²) < 4.78 is 5.21. The zero-order valence-corrected chi connectivity index (χ0v) is 10.3. The van der Waals surface area contributed by atoms with Crippen molar-refractivity contribution in [2.75, 3.05) is 7.11 Å². The molecular weight excluding hydrogens is 228 g/mol. The van der Waals surface area contributed by atoms with Crippen LogP contribution in [0.15, 0.2) is 35.4 Å². The number of benzene rings is 1. The Balaban J connectivity index is 1.86. The van der Waals surface area contributed by atoms with Crippen LogP contribution in [0, 0.1) is 5.92 Å². The molecular formula is C14H16N2O2. The van der Waals surface area contributed by atoms with Gasteiger partial charge < -0.3 is 4.74 Å². The standard InChI is InChI=1S/C14H16N2O2/c1-18-13-7-3-2-5-11(13)6-4-10-15-16-14(17)12-8-9-12/h2-7,10,12H,8-9H2,1H3,(H,16,17)/b6-4+,15-10+. The van der Waals surface area contributed by atoms with Crippen LogP contribution in [-0.4, -0.2) is 19.2 Å². The van der Waals surface area contributed by atoms with Gasteiger partial charge in [-0.25, -0.2) is 5.43 Å². The molecule has 1 aliphatic carbocycles. The fourth-order valence-electron chi connectivity index (χ4n) is 1.53. The first-order chi connectivity index (χ1) is 8.81. The van der Waals surface area contributed by atoms with Crippen molar-refractivity contribution in [3.05, 3.63) is 35.9 Å². The molecule has 0 unspecified atom stereocenters. The van der Waals surface area contributed by atoms with Gasteiger partial charge in [0.1, 0.15) is 5.75 Å². The monoisotopic (exact) mass is 244 g/mol. The number of ether oxygens (including phenoxy) is 1. The number of rotatable bonds is 5. The highest BCUT2D eigenvalue weighted by Crippen LogP contribution is 2.28. The Kier molecular flexibility index (Phi) is 4.12. The van der Waals surface area contributed by atoms with Crippen LogP contribution in [0.4, 0.5) is 0 Å². The van der Waals surface area contributed by atoms with E-state index in [0.29, 0.717) is 0 Å². The van der Waals surface area contributed by atoms with E-state index in [1.54, 1.807) is 19.4 Å². The predicted molar refractivity (Wildman–Crippen MR) is 71.4 cm³/mol. The molecule has 0 saturated heterocycles. The Hall–Kier alpha value is -2.10. The first kappa shape index (κ1) is 12.4. The molecule has 1 aromatic rings. The quantitative estimate of drug-likeness (QED) is 0.637. The highest BCUT2D eigenvalue weighted by atomic mass is 16.5. The van der Waals surface area contributed by atoms with Gasteiger partial charge in [-0.05, 0) is 31.1 Å². The number of amides is 1. The molecule has 0 heterocycles. The lowest BCUT2D eigenvalue weighted by molar-refractivity contribution is -0.122. The van der Waals surface area contributed by atoms with Gasteiger partial charge in [0, 0.05) is 17.7 Å². The van der Waals surface area contributed by atoms with Gasteiger partial charge in [0.15, 0.2) is 0 Å². The summed E-state index contributed by atoms with van der Waals surface area (Å²) in [7, 11) is 1.64. The van der Waals surface area contributed by atoms with Crippen molar-refractivity contribution in [2.45, 2.75) is 12.8 Å². The van der Waals surface area contributed by atoms with E-state index in [4.69, 9.17) is 4.74 Å². The highest BCUT2D eigenvalue weighted by molar-refractivity contribution is 5.83. The van der Waals surface area contributed by atoms with Crippen molar-refractivity contribution < 1.29 is 9.53 Å². The zero-order valence-electron chi connectivity index (χ0n) is 10.3. The van der Waals surface area contributed by atoms with Gasteiger partial charge in [0.2, 0.25) is 5.91 Å². The van der Waals surface area contributed by atoms with Gasteiger partial charge in [-0.1, -0.05) is 18.2 Å². The van der Waals surface area contributed by atoms with Crippen LogP contribution in [0.3, 0.4) is 0 Å². The lowest BCUT2D eigenvalue weighted by Gasteiger charge is -2.02. The Labute approximate surface area is 106 Å². The molecule has 4 nitrogen and oxygen atoms in total. The first-order valence-corrected chi connectivity index (χ1v) is 5.94. The van der Waals surface area contributed by atoms with E-state index in [2.05, 4.69) is 10.5 Å². The summed E-state index contributed by atoms with van der Waals surface area (Å²) in [6, 6.07) is 7.70. The summed E-state index contributed by atoms with van der Waals surface area (Å²) in [5.41, 5.74) is 3.48. The lowest BCUT2D eigenvalue weighted by Crippen LogP contribution is -2.18. The molecule has 18 heavy (non-hydrogen) atoms. The molecule has 1 N–H and O–H groups in total. The van der Waals surface area contributed by atoms with Gasteiger partial charge in [-0.2, -0.15) is 5.10 Å². The van der Waals surface area contributed by atoms with Crippen molar-refractivity contribution >= 4 is 18.2 Å². The maximum Gasteiger partial charge on any atom is 0.243 e. The fraction of sp³-hybridized carbons (Fsp3) is 0.286. The van der Waals surface area contributed by atoms with E-state index in [9.17, 15) is 4.79 Å². The molecule has 4 heteroatoms. The van der Waals surface area contributed by atoms with Crippen molar-refractivity contribution in [2.24, 2.45) is 11.0 Å². The number of nitrogens with one attached hydrogen (secondary N) is 1. The van der Waals surface area contributed by atoms with Crippen LogP contribution < -0.4 is 10.2 Å². The van der Waals surface area contributed by atoms with Gasteiger partial charge in [0.05, 0.1) is 7.11 Å². The van der Waals surface area contributed by atoms with Gasteiger partial charge in [0.25, 0.3) is 0 Å². The second-order valence-electron chi connectivity index (χ2n) is 4.13. The average Bonchev–Trinajstić information content (AvgIpc) is 3.23. The van der Waals surface area contributed by atoms with Crippen LogP contribution in [0.5, 0.6) is 5.75 Å². The van der Waals surface area contributed by atoms with E-state index in [0.717, 1.165) is 24.2 Å². The molecule has 0 radical (unpaired) electrons. The fourth-order valence-corrected chi connectivity index (χ4v) is 1.53. The number of nitrogens with zero attached hydrogens (tertiary/aromatic N) is 1. The number of methoxy groups -OCH3 is 1. The van der Waals surface area contributed by atoms with Crippen molar-refractivity contribution in [3.8, 4) is 5.75 Å².